The summed E-state index contributed by atoms with van der Waals surface area (Å²) in [5, 5.41) is 9.43. The van der Waals surface area contributed by atoms with E-state index in [0.29, 0.717) is 0 Å². The number of hydrogen-bond donors (Lipinski definition) is 1. The standard InChI is InChI=1S/C16H23NO5S/c1-12(2)23(21)10-9-14(15(18)22-3)17(16(19)20)11-13-7-5-4-6-8-13/h4-8,12,14H,9-11H2,1-3H3,(H,19,20)/t14-,23?/m0/s1. The number of rotatable bonds is 8. The fourth-order valence-electron chi connectivity index (χ4n) is 2.09. The van der Waals surface area contributed by atoms with E-state index in [4.69, 9.17) is 4.74 Å². The summed E-state index contributed by atoms with van der Waals surface area (Å²) in [4.78, 5) is 24.6. The quantitative estimate of drug-likeness (QED) is 0.733. The van der Waals surface area contributed by atoms with Crippen molar-refractivity contribution in [2.75, 3.05) is 12.9 Å². The van der Waals surface area contributed by atoms with Gasteiger partial charge in [0.25, 0.3) is 0 Å². The van der Waals surface area contributed by atoms with Crippen LogP contribution < -0.4 is 0 Å². The molecule has 0 aromatic heterocycles. The Balaban J connectivity index is 2.92. The van der Waals surface area contributed by atoms with Gasteiger partial charge in [0.15, 0.2) is 0 Å². The van der Waals surface area contributed by atoms with Gasteiger partial charge < -0.3 is 9.84 Å². The highest BCUT2D eigenvalue weighted by molar-refractivity contribution is 7.85. The molecule has 6 nitrogen and oxygen atoms in total. The highest BCUT2D eigenvalue weighted by atomic mass is 32.2. The molecule has 0 aliphatic carbocycles. The van der Waals surface area contributed by atoms with Gasteiger partial charge >= 0.3 is 12.1 Å². The Hall–Kier alpha value is -1.89. The van der Waals surface area contributed by atoms with Crippen LogP contribution in [0, 0.1) is 0 Å². The normalized spacial score (nSPS) is 13.4. The van der Waals surface area contributed by atoms with Crippen LogP contribution in [0.25, 0.3) is 0 Å². The van der Waals surface area contributed by atoms with Gasteiger partial charge in [0.2, 0.25) is 0 Å². The van der Waals surface area contributed by atoms with Crippen LogP contribution in [0.1, 0.15) is 25.8 Å². The Morgan fingerprint density at radius 3 is 2.35 bits per heavy atom. The maximum absolute atomic E-state index is 12.0. The number of methoxy groups -OCH3 is 1. The summed E-state index contributed by atoms with van der Waals surface area (Å²) < 4.78 is 16.6. The number of amides is 1. The van der Waals surface area contributed by atoms with Gasteiger partial charge in [-0.25, -0.2) is 9.59 Å². The molecule has 1 unspecified atom stereocenters. The maximum Gasteiger partial charge on any atom is 0.408 e. The molecule has 1 N–H and O–H groups in total. The highest BCUT2D eigenvalue weighted by Gasteiger charge is 2.31. The van der Waals surface area contributed by atoms with Crippen molar-refractivity contribution in [3.63, 3.8) is 0 Å². The van der Waals surface area contributed by atoms with E-state index in [9.17, 15) is 18.9 Å². The van der Waals surface area contributed by atoms with Gasteiger partial charge in [-0.2, -0.15) is 0 Å². The third kappa shape index (κ3) is 6.02. The molecule has 0 heterocycles. The van der Waals surface area contributed by atoms with Gasteiger partial charge in [0.05, 0.1) is 7.11 Å². The predicted octanol–water partition coefficient (Wildman–Crippen LogP) is 2.26. The lowest BCUT2D eigenvalue weighted by Gasteiger charge is -2.27. The number of ether oxygens (including phenoxy) is 1. The summed E-state index contributed by atoms with van der Waals surface area (Å²) >= 11 is 0. The lowest BCUT2D eigenvalue weighted by atomic mass is 10.1. The lowest BCUT2D eigenvalue weighted by molar-refractivity contribution is -0.146. The molecule has 0 spiro atoms. The zero-order valence-corrected chi connectivity index (χ0v) is 14.4. The second kappa shape index (κ2) is 9.29. The molecule has 0 bridgehead atoms. The largest absolute Gasteiger partial charge is 0.467 e. The van der Waals surface area contributed by atoms with Gasteiger partial charge in [-0.3, -0.25) is 9.11 Å². The molecule has 0 saturated heterocycles. The van der Waals surface area contributed by atoms with E-state index in [1.807, 2.05) is 19.9 Å². The molecule has 128 valence electrons. The van der Waals surface area contributed by atoms with Crippen molar-refractivity contribution in [1.29, 1.82) is 0 Å². The third-order valence-electron chi connectivity index (χ3n) is 3.41. The number of nitrogens with zero attached hydrogens (tertiary/aromatic N) is 1. The van der Waals surface area contributed by atoms with E-state index in [1.165, 1.54) is 7.11 Å². The van der Waals surface area contributed by atoms with Gasteiger partial charge in [-0.05, 0) is 12.0 Å². The molecule has 1 rings (SSSR count). The van der Waals surface area contributed by atoms with Gasteiger partial charge in [-0.15, -0.1) is 0 Å². The van der Waals surface area contributed by atoms with Crippen molar-refractivity contribution in [2.45, 2.75) is 38.1 Å². The number of carbonyl (C=O) groups is 2. The average molecular weight is 341 g/mol. The minimum Gasteiger partial charge on any atom is -0.467 e. The summed E-state index contributed by atoms with van der Waals surface area (Å²) in [6.07, 6.45) is -1.05. The van der Waals surface area contributed by atoms with Crippen LogP contribution in [0.5, 0.6) is 0 Å². The van der Waals surface area contributed by atoms with E-state index in [2.05, 4.69) is 0 Å². The first-order valence-corrected chi connectivity index (χ1v) is 8.73. The van der Waals surface area contributed by atoms with Crippen molar-refractivity contribution in [3.8, 4) is 0 Å². The Bertz CT molecular complexity index is 547. The van der Waals surface area contributed by atoms with Crippen LogP contribution in [-0.4, -0.2) is 50.4 Å². The number of hydrogen-bond acceptors (Lipinski definition) is 4. The molecule has 0 aliphatic heterocycles. The fraction of sp³-hybridized carbons (Fsp3) is 0.500. The minimum atomic E-state index is -1.21. The van der Waals surface area contributed by atoms with Crippen molar-refractivity contribution >= 4 is 22.9 Å². The number of carbonyl (C=O) groups excluding carboxylic acids is 1. The highest BCUT2D eigenvalue weighted by Crippen LogP contribution is 2.14. The van der Waals surface area contributed by atoms with Crippen molar-refractivity contribution < 1.29 is 23.6 Å². The van der Waals surface area contributed by atoms with Crippen LogP contribution in [0.3, 0.4) is 0 Å². The molecule has 0 aliphatic rings. The summed E-state index contributed by atoms with van der Waals surface area (Å²) in [5.41, 5.74) is 0.772. The predicted molar refractivity (Wildman–Crippen MR) is 88.6 cm³/mol. The summed E-state index contributed by atoms with van der Waals surface area (Å²) in [5.74, 6) is -0.389. The molecule has 1 aromatic carbocycles. The van der Waals surface area contributed by atoms with E-state index in [1.54, 1.807) is 24.3 Å². The minimum absolute atomic E-state index is 0.0410. The fourth-order valence-corrected chi connectivity index (χ4v) is 3.02. The smallest absolute Gasteiger partial charge is 0.408 e. The Morgan fingerprint density at radius 2 is 1.87 bits per heavy atom. The first kappa shape index (κ1) is 19.2. The molecular formula is C16H23NO5S. The SMILES string of the molecule is COC(=O)[C@H](CCS(=O)C(C)C)N(Cc1ccccc1)C(=O)O. The maximum atomic E-state index is 12.0. The van der Waals surface area contributed by atoms with Gasteiger partial charge in [-0.1, -0.05) is 44.2 Å². The monoisotopic (exact) mass is 341 g/mol. The average Bonchev–Trinajstić information content (AvgIpc) is 2.53. The van der Waals surface area contributed by atoms with Crippen molar-refractivity contribution in [2.24, 2.45) is 0 Å². The number of carboxylic acid groups (broad SMARTS) is 1. The van der Waals surface area contributed by atoms with Crippen LogP contribution >= 0.6 is 0 Å². The van der Waals surface area contributed by atoms with Crippen LogP contribution in [0.4, 0.5) is 4.79 Å². The zero-order chi connectivity index (χ0) is 17.4. The van der Waals surface area contributed by atoms with Gasteiger partial charge in [0.1, 0.15) is 6.04 Å². The van der Waals surface area contributed by atoms with Crippen molar-refractivity contribution in [3.05, 3.63) is 35.9 Å². The van der Waals surface area contributed by atoms with Crippen molar-refractivity contribution in [1.82, 2.24) is 4.90 Å². The summed E-state index contributed by atoms with van der Waals surface area (Å²) in [7, 11) is 0.105. The first-order chi connectivity index (χ1) is 10.9. The van der Waals surface area contributed by atoms with Crippen LogP contribution in [-0.2, 0) is 26.9 Å². The molecule has 0 fully saturated rings. The molecule has 2 atom stereocenters. The van der Waals surface area contributed by atoms with E-state index >= 15 is 0 Å². The molecule has 0 saturated carbocycles. The Morgan fingerprint density at radius 1 is 1.26 bits per heavy atom. The topological polar surface area (TPSA) is 83.9 Å². The van der Waals surface area contributed by atoms with Gasteiger partial charge in [0, 0.05) is 28.3 Å². The van der Waals surface area contributed by atoms with E-state index < -0.39 is 28.9 Å². The second-order valence-corrected chi connectivity index (χ2v) is 7.47. The number of esters is 1. The molecule has 1 aromatic rings. The third-order valence-corrected chi connectivity index (χ3v) is 5.10. The van der Waals surface area contributed by atoms with E-state index in [-0.39, 0.29) is 24.0 Å². The first-order valence-electron chi connectivity index (χ1n) is 7.35. The molecule has 7 heteroatoms. The van der Waals surface area contributed by atoms with Crippen LogP contribution in [0.15, 0.2) is 30.3 Å². The number of benzene rings is 1. The Labute approximate surface area is 138 Å². The van der Waals surface area contributed by atoms with Crippen LogP contribution in [0.2, 0.25) is 0 Å². The molecular weight excluding hydrogens is 318 g/mol. The second-order valence-electron chi connectivity index (χ2n) is 5.36. The summed E-state index contributed by atoms with van der Waals surface area (Å²) in [6.45, 7) is 3.72. The Kier molecular flexibility index (Phi) is 7.74. The molecule has 1 amide bonds. The van der Waals surface area contributed by atoms with E-state index in [0.717, 1.165) is 10.5 Å². The molecule has 0 radical (unpaired) electrons. The summed E-state index contributed by atoms with van der Waals surface area (Å²) in [6, 6.07) is 8.04. The lowest BCUT2D eigenvalue weighted by Crippen LogP contribution is -2.45. The molecule has 23 heavy (non-hydrogen) atoms. The zero-order valence-electron chi connectivity index (χ0n) is 13.6.